The van der Waals surface area contributed by atoms with Gasteiger partial charge in [0.15, 0.2) is 0 Å². The van der Waals surface area contributed by atoms with Crippen LogP contribution >= 0.6 is 0 Å². The van der Waals surface area contributed by atoms with E-state index in [-0.39, 0.29) is 0 Å². The second-order valence-electron chi connectivity index (χ2n) is 7.79. The Morgan fingerprint density at radius 1 is 1.08 bits per heavy atom. The van der Waals surface area contributed by atoms with Crippen LogP contribution in [-0.4, -0.2) is 21.8 Å². The summed E-state index contributed by atoms with van der Waals surface area (Å²) in [6.45, 7) is 5.20. The topological polar surface area (TPSA) is 36.1 Å². The van der Waals surface area contributed by atoms with Crippen molar-refractivity contribution in [2.24, 2.45) is 0 Å². The van der Waals surface area contributed by atoms with Crippen LogP contribution in [0.2, 0.25) is 0 Å². The summed E-state index contributed by atoms with van der Waals surface area (Å²) in [6, 6.07) is 8.87. The third-order valence-corrected chi connectivity index (χ3v) is 5.90. The number of hydrogen-bond donors (Lipinski definition) is 1. The summed E-state index contributed by atoms with van der Waals surface area (Å²) in [5.41, 5.74) is 3.87. The van der Waals surface area contributed by atoms with E-state index in [1.807, 2.05) is 0 Å². The molecule has 0 fully saturated rings. The molecule has 1 aromatic carbocycles. The number of nitrogens with zero attached hydrogens (tertiary/aromatic N) is 1. The van der Waals surface area contributed by atoms with Gasteiger partial charge in [0.2, 0.25) is 5.91 Å². The summed E-state index contributed by atoms with van der Waals surface area (Å²) in [4.78, 5) is 18.5. The van der Waals surface area contributed by atoms with Gasteiger partial charge in [0.1, 0.15) is 0 Å². The Hall–Kier alpha value is -1.77. The van der Waals surface area contributed by atoms with Crippen LogP contribution < -0.4 is 0 Å². The average molecular weight is 355 g/mol. The summed E-state index contributed by atoms with van der Waals surface area (Å²) in [5.74, 6) is 0.342. The zero-order chi connectivity index (χ0) is 18.4. The summed E-state index contributed by atoms with van der Waals surface area (Å²) < 4.78 is 0. The number of carbonyl (C=O) groups is 1. The first-order chi connectivity index (χ1) is 12.7. The highest BCUT2D eigenvalue weighted by Crippen LogP contribution is 2.31. The van der Waals surface area contributed by atoms with E-state index < -0.39 is 0 Å². The van der Waals surface area contributed by atoms with E-state index in [4.69, 9.17) is 0 Å². The van der Waals surface area contributed by atoms with Crippen molar-refractivity contribution in [3.8, 4) is 0 Å². The SMILES string of the molecule is CCCCCCCCCC(=O)N1Cc2[nH]c3ccccc3c2CC1CC. The van der Waals surface area contributed by atoms with Gasteiger partial charge in [-0.1, -0.05) is 70.6 Å². The van der Waals surface area contributed by atoms with Crippen LogP contribution in [0.3, 0.4) is 0 Å². The summed E-state index contributed by atoms with van der Waals surface area (Å²) in [7, 11) is 0. The quantitative estimate of drug-likeness (QED) is 0.553. The van der Waals surface area contributed by atoms with Crippen LogP contribution in [0.5, 0.6) is 0 Å². The molecule has 1 aromatic heterocycles. The van der Waals surface area contributed by atoms with Gasteiger partial charge in [0, 0.05) is 29.1 Å². The van der Waals surface area contributed by atoms with Crippen molar-refractivity contribution in [1.82, 2.24) is 9.88 Å². The van der Waals surface area contributed by atoms with Gasteiger partial charge in [-0.25, -0.2) is 0 Å². The molecule has 1 aliphatic heterocycles. The lowest BCUT2D eigenvalue weighted by molar-refractivity contribution is -0.135. The molecule has 0 bridgehead atoms. The Morgan fingerprint density at radius 2 is 1.81 bits per heavy atom. The second-order valence-corrected chi connectivity index (χ2v) is 7.79. The summed E-state index contributed by atoms with van der Waals surface area (Å²) in [6.07, 6.45) is 11.5. The molecule has 0 radical (unpaired) electrons. The van der Waals surface area contributed by atoms with Gasteiger partial charge in [-0.05, 0) is 30.9 Å². The Balaban J connectivity index is 1.56. The molecule has 2 aromatic rings. The number of nitrogens with one attached hydrogen (secondary N) is 1. The molecule has 1 amide bonds. The third kappa shape index (κ3) is 4.31. The van der Waals surface area contributed by atoms with E-state index in [0.717, 1.165) is 25.8 Å². The number of H-pyrrole nitrogens is 1. The maximum Gasteiger partial charge on any atom is 0.223 e. The first-order valence-corrected chi connectivity index (χ1v) is 10.6. The van der Waals surface area contributed by atoms with Crippen molar-refractivity contribution in [1.29, 1.82) is 0 Å². The molecule has 1 aliphatic rings. The van der Waals surface area contributed by atoms with Crippen molar-refractivity contribution in [2.45, 2.75) is 90.6 Å². The van der Waals surface area contributed by atoms with Crippen LogP contribution in [0.15, 0.2) is 24.3 Å². The molecule has 2 heterocycles. The Labute approximate surface area is 158 Å². The molecule has 1 atom stereocenters. The van der Waals surface area contributed by atoms with Gasteiger partial charge in [-0.2, -0.15) is 0 Å². The lowest BCUT2D eigenvalue weighted by Gasteiger charge is -2.35. The number of rotatable bonds is 9. The number of carbonyl (C=O) groups excluding carboxylic acids is 1. The highest BCUT2D eigenvalue weighted by atomic mass is 16.2. The first-order valence-electron chi connectivity index (χ1n) is 10.6. The fraction of sp³-hybridized carbons (Fsp3) is 0.609. The lowest BCUT2D eigenvalue weighted by atomic mass is 9.94. The number of para-hydroxylation sites is 1. The molecule has 0 aliphatic carbocycles. The normalized spacial score (nSPS) is 16.8. The van der Waals surface area contributed by atoms with Crippen LogP contribution in [0, 0.1) is 0 Å². The Kier molecular flexibility index (Phi) is 6.76. The maximum atomic E-state index is 12.8. The molecule has 3 nitrogen and oxygen atoms in total. The van der Waals surface area contributed by atoms with E-state index in [0.29, 0.717) is 18.4 Å². The molecule has 142 valence electrons. The molecule has 0 saturated heterocycles. The zero-order valence-electron chi connectivity index (χ0n) is 16.5. The minimum Gasteiger partial charge on any atom is -0.357 e. The number of unbranched alkanes of at least 4 members (excludes halogenated alkanes) is 6. The van der Waals surface area contributed by atoms with Crippen molar-refractivity contribution in [3.05, 3.63) is 35.5 Å². The number of aromatic amines is 1. The first kappa shape index (κ1) is 19.0. The fourth-order valence-electron chi connectivity index (χ4n) is 4.30. The minimum atomic E-state index is 0.342. The second kappa shape index (κ2) is 9.25. The van der Waals surface area contributed by atoms with E-state index in [1.54, 1.807) is 0 Å². The maximum absolute atomic E-state index is 12.8. The number of fused-ring (bicyclic) bond motifs is 3. The van der Waals surface area contributed by atoms with Crippen LogP contribution in [0.1, 0.15) is 82.9 Å². The van der Waals surface area contributed by atoms with Gasteiger partial charge < -0.3 is 9.88 Å². The zero-order valence-corrected chi connectivity index (χ0v) is 16.5. The van der Waals surface area contributed by atoms with Crippen molar-refractivity contribution < 1.29 is 4.79 Å². The average Bonchev–Trinajstić information content (AvgIpc) is 3.03. The molecule has 26 heavy (non-hydrogen) atoms. The standard InChI is InChI=1S/C23H34N2O/c1-3-5-6-7-8-9-10-15-23(26)25-17-22-20(16-18(25)4-2)19-13-11-12-14-21(19)24-22/h11-14,18,24H,3-10,15-17H2,1-2H3. The van der Waals surface area contributed by atoms with Crippen molar-refractivity contribution in [3.63, 3.8) is 0 Å². The molecule has 0 spiro atoms. The number of hydrogen-bond acceptors (Lipinski definition) is 1. The van der Waals surface area contributed by atoms with Crippen LogP contribution in [-0.2, 0) is 17.8 Å². The van der Waals surface area contributed by atoms with E-state index in [1.165, 1.54) is 60.7 Å². The Bertz CT molecular complexity index is 718. The largest absolute Gasteiger partial charge is 0.357 e. The predicted octanol–water partition coefficient (Wildman–Crippen LogP) is 5.97. The van der Waals surface area contributed by atoms with Gasteiger partial charge in [-0.15, -0.1) is 0 Å². The fourth-order valence-corrected chi connectivity index (χ4v) is 4.30. The Morgan fingerprint density at radius 3 is 2.58 bits per heavy atom. The smallest absolute Gasteiger partial charge is 0.223 e. The predicted molar refractivity (Wildman–Crippen MR) is 109 cm³/mol. The van der Waals surface area contributed by atoms with E-state index in [2.05, 4.69) is 48.0 Å². The van der Waals surface area contributed by atoms with E-state index in [9.17, 15) is 4.79 Å². The van der Waals surface area contributed by atoms with Crippen LogP contribution in [0.25, 0.3) is 10.9 Å². The minimum absolute atomic E-state index is 0.342. The highest BCUT2D eigenvalue weighted by Gasteiger charge is 2.30. The van der Waals surface area contributed by atoms with Gasteiger partial charge >= 0.3 is 0 Å². The van der Waals surface area contributed by atoms with Crippen molar-refractivity contribution in [2.75, 3.05) is 0 Å². The number of aromatic nitrogens is 1. The molecule has 3 heteroatoms. The lowest BCUT2D eigenvalue weighted by Crippen LogP contribution is -2.43. The number of amides is 1. The summed E-state index contributed by atoms with van der Waals surface area (Å²) in [5, 5.41) is 1.33. The van der Waals surface area contributed by atoms with Crippen molar-refractivity contribution >= 4 is 16.8 Å². The summed E-state index contributed by atoms with van der Waals surface area (Å²) >= 11 is 0. The van der Waals surface area contributed by atoms with Gasteiger partial charge in [-0.3, -0.25) is 4.79 Å². The molecule has 0 saturated carbocycles. The van der Waals surface area contributed by atoms with E-state index >= 15 is 0 Å². The molecule has 1 N–H and O–H groups in total. The monoisotopic (exact) mass is 354 g/mol. The molecule has 3 rings (SSSR count). The highest BCUT2D eigenvalue weighted by molar-refractivity contribution is 5.86. The van der Waals surface area contributed by atoms with Crippen LogP contribution in [0.4, 0.5) is 0 Å². The van der Waals surface area contributed by atoms with Gasteiger partial charge in [0.05, 0.1) is 6.54 Å². The molecular weight excluding hydrogens is 320 g/mol. The third-order valence-electron chi connectivity index (χ3n) is 5.90. The molecular formula is C23H34N2O. The van der Waals surface area contributed by atoms with Gasteiger partial charge in [0.25, 0.3) is 0 Å². The number of benzene rings is 1. The molecule has 1 unspecified atom stereocenters.